The number of aryl methyl sites for hydroxylation is 1. The summed E-state index contributed by atoms with van der Waals surface area (Å²) in [7, 11) is 1.68. The van der Waals surface area contributed by atoms with Crippen LogP contribution in [-0.4, -0.2) is 18.6 Å². The first-order valence-corrected chi connectivity index (χ1v) is 7.32. The first kappa shape index (κ1) is 14.1. The van der Waals surface area contributed by atoms with Crippen LogP contribution in [-0.2, 0) is 6.42 Å². The molecule has 1 heterocycles. The summed E-state index contributed by atoms with van der Waals surface area (Å²) in [5.74, 6) is 0.812. The van der Waals surface area contributed by atoms with E-state index in [4.69, 9.17) is 9.72 Å². The Kier molecular flexibility index (Phi) is 4.30. The summed E-state index contributed by atoms with van der Waals surface area (Å²) < 4.78 is 6.48. The zero-order valence-corrected chi connectivity index (χ0v) is 13.4. The van der Waals surface area contributed by atoms with Gasteiger partial charge in [-0.2, -0.15) is 0 Å². The van der Waals surface area contributed by atoms with Crippen molar-refractivity contribution in [3.05, 3.63) is 27.9 Å². The van der Waals surface area contributed by atoms with Crippen molar-refractivity contribution in [1.82, 2.24) is 4.98 Å². The number of rotatable bonds is 4. The smallest absolute Gasteiger partial charge is 0.145 e. The average Bonchev–Trinajstić information content (AvgIpc) is 2.42. The molecule has 3 nitrogen and oxygen atoms in total. The maximum absolute atomic E-state index is 5.44. The molecule has 0 radical (unpaired) electrons. The second-order valence-corrected chi connectivity index (χ2v) is 5.27. The molecule has 1 aromatic carbocycles. The van der Waals surface area contributed by atoms with Crippen LogP contribution in [0.2, 0.25) is 0 Å². The molecule has 1 N–H and O–H groups in total. The summed E-state index contributed by atoms with van der Waals surface area (Å²) in [5, 5.41) is 4.55. The van der Waals surface area contributed by atoms with Gasteiger partial charge in [0.15, 0.2) is 0 Å². The fraction of sp³-hybridized carbons (Fsp3) is 0.400. The van der Waals surface area contributed by atoms with E-state index < -0.39 is 0 Å². The largest absolute Gasteiger partial charge is 0.494 e. The lowest BCUT2D eigenvalue weighted by Gasteiger charge is -2.17. The number of halogens is 1. The lowest BCUT2D eigenvalue weighted by Crippen LogP contribution is -2.05. The Morgan fingerprint density at radius 3 is 2.63 bits per heavy atom. The molecule has 0 aliphatic carbocycles. The number of aromatic nitrogens is 1. The Morgan fingerprint density at radius 1 is 1.32 bits per heavy atom. The fourth-order valence-electron chi connectivity index (χ4n) is 2.35. The number of methoxy groups -OCH3 is 1. The van der Waals surface area contributed by atoms with Gasteiger partial charge >= 0.3 is 0 Å². The first-order chi connectivity index (χ1) is 9.13. The van der Waals surface area contributed by atoms with E-state index in [0.717, 1.165) is 45.5 Å². The summed E-state index contributed by atoms with van der Waals surface area (Å²) in [6, 6.07) is 3.96. The number of pyridine rings is 1. The van der Waals surface area contributed by atoms with E-state index in [-0.39, 0.29) is 0 Å². The van der Waals surface area contributed by atoms with Gasteiger partial charge in [0.2, 0.25) is 0 Å². The van der Waals surface area contributed by atoms with Crippen molar-refractivity contribution in [3.8, 4) is 5.75 Å². The predicted octanol–water partition coefficient (Wildman–Crippen LogP) is 4.31. The van der Waals surface area contributed by atoms with Gasteiger partial charge in [-0.3, -0.25) is 0 Å². The number of nitrogens with zero attached hydrogens (tertiary/aromatic N) is 1. The molecule has 0 aliphatic heterocycles. The topological polar surface area (TPSA) is 34.2 Å². The van der Waals surface area contributed by atoms with Crippen molar-refractivity contribution in [1.29, 1.82) is 0 Å². The van der Waals surface area contributed by atoms with Crippen LogP contribution in [0.25, 0.3) is 10.9 Å². The van der Waals surface area contributed by atoms with Crippen LogP contribution in [0, 0.1) is 6.92 Å². The number of hydrogen-bond acceptors (Lipinski definition) is 3. The molecular formula is C15H19BrN2O. The van der Waals surface area contributed by atoms with Crippen LogP contribution >= 0.6 is 15.9 Å². The summed E-state index contributed by atoms with van der Waals surface area (Å²) in [4.78, 5) is 4.77. The molecule has 0 saturated heterocycles. The van der Waals surface area contributed by atoms with Gasteiger partial charge < -0.3 is 10.1 Å². The van der Waals surface area contributed by atoms with Crippen molar-refractivity contribution < 1.29 is 4.74 Å². The van der Waals surface area contributed by atoms with Crippen LogP contribution in [0.1, 0.15) is 25.1 Å². The maximum Gasteiger partial charge on any atom is 0.145 e. The summed E-state index contributed by atoms with van der Waals surface area (Å²) in [6.07, 6.45) is 0.913. The van der Waals surface area contributed by atoms with Crippen molar-refractivity contribution >= 4 is 32.5 Å². The number of ether oxygens (including phenoxy) is 1. The third-order valence-electron chi connectivity index (χ3n) is 3.30. The molecule has 0 atom stereocenters. The van der Waals surface area contributed by atoms with Gasteiger partial charge in [-0.1, -0.05) is 22.9 Å². The monoisotopic (exact) mass is 322 g/mol. The fourth-order valence-corrected chi connectivity index (χ4v) is 2.87. The van der Waals surface area contributed by atoms with Crippen LogP contribution in [0.4, 0.5) is 5.69 Å². The van der Waals surface area contributed by atoms with E-state index in [1.165, 1.54) is 5.56 Å². The highest BCUT2D eigenvalue weighted by Gasteiger charge is 2.15. The molecule has 102 valence electrons. The molecule has 0 unspecified atom stereocenters. The van der Waals surface area contributed by atoms with Crippen molar-refractivity contribution in [2.75, 3.05) is 19.0 Å². The second kappa shape index (κ2) is 5.78. The maximum atomic E-state index is 5.44. The quantitative estimate of drug-likeness (QED) is 0.910. The van der Waals surface area contributed by atoms with Crippen LogP contribution in [0.5, 0.6) is 5.75 Å². The zero-order chi connectivity index (χ0) is 14.0. The summed E-state index contributed by atoms with van der Waals surface area (Å²) in [5.41, 5.74) is 4.39. The second-order valence-electron chi connectivity index (χ2n) is 4.42. The molecule has 2 aromatic rings. The molecule has 1 aromatic heterocycles. The molecule has 0 fully saturated rings. The Hall–Kier alpha value is -1.29. The van der Waals surface area contributed by atoms with Gasteiger partial charge in [0.25, 0.3) is 0 Å². The molecule has 0 bridgehead atoms. The highest BCUT2D eigenvalue weighted by molar-refractivity contribution is 9.10. The predicted molar refractivity (Wildman–Crippen MR) is 84.3 cm³/mol. The summed E-state index contributed by atoms with van der Waals surface area (Å²) in [6.45, 7) is 7.23. The molecule has 0 saturated carbocycles. The lowest BCUT2D eigenvalue weighted by atomic mass is 10.0. The van der Waals surface area contributed by atoms with E-state index in [1.54, 1.807) is 7.11 Å². The van der Waals surface area contributed by atoms with E-state index >= 15 is 0 Å². The van der Waals surface area contributed by atoms with Crippen molar-refractivity contribution in [2.45, 2.75) is 27.2 Å². The van der Waals surface area contributed by atoms with E-state index in [9.17, 15) is 0 Å². The Balaban J connectivity index is 2.90. The lowest BCUT2D eigenvalue weighted by molar-refractivity contribution is 0.418. The number of anilines is 1. The van der Waals surface area contributed by atoms with Crippen LogP contribution in [0.15, 0.2) is 16.6 Å². The van der Waals surface area contributed by atoms with Crippen LogP contribution < -0.4 is 10.1 Å². The Labute approximate surface area is 122 Å². The van der Waals surface area contributed by atoms with Gasteiger partial charge in [-0.25, -0.2) is 4.98 Å². The van der Waals surface area contributed by atoms with Crippen LogP contribution in [0.3, 0.4) is 0 Å². The molecular weight excluding hydrogens is 304 g/mol. The number of benzene rings is 1. The zero-order valence-electron chi connectivity index (χ0n) is 11.8. The Morgan fingerprint density at radius 2 is 2.05 bits per heavy atom. The van der Waals surface area contributed by atoms with Crippen molar-refractivity contribution in [2.24, 2.45) is 0 Å². The van der Waals surface area contributed by atoms with E-state index in [2.05, 4.69) is 42.0 Å². The minimum atomic E-state index is 0.812. The number of hydrogen-bond donors (Lipinski definition) is 1. The SMILES string of the molecule is CCNc1c(C)c(CC)nc2c(OC)ccc(Br)c12. The first-order valence-electron chi connectivity index (χ1n) is 6.53. The minimum absolute atomic E-state index is 0.812. The summed E-state index contributed by atoms with van der Waals surface area (Å²) >= 11 is 3.63. The molecule has 4 heteroatoms. The standard InChI is InChI=1S/C15H19BrN2O/c1-5-11-9(3)14(17-6-2)13-10(16)7-8-12(19-4)15(13)18-11/h7-8H,5-6H2,1-4H3,(H,17,18). The number of nitrogens with one attached hydrogen (secondary N) is 1. The molecule has 0 amide bonds. The molecule has 0 spiro atoms. The highest BCUT2D eigenvalue weighted by atomic mass is 79.9. The van der Waals surface area contributed by atoms with Crippen molar-refractivity contribution in [3.63, 3.8) is 0 Å². The van der Waals surface area contributed by atoms with Gasteiger partial charge in [0.05, 0.1) is 7.11 Å². The third-order valence-corrected chi connectivity index (χ3v) is 3.96. The molecule has 2 rings (SSSR count). The molecule has 19 heavy (non-hydrogen) atoms. The van der Waals surface area contributed by atoms with E-state index in [1.807, 2.05) is 12.1 Å². The average molecular weight is 323 g/mol. The highest BCUT2D eigenvalue weighted by Crippen LogP contribution is 2.38. The van der Waals surface area contributed by atoms with Gasteiger partial charge in [0, 0.05) is 27.8 Å². The molecule has 0 aliphatic rings. The van der Waals surface area contributed by atoms with Gasteiger partial charge in [0.1, 0.15) is 11.3 Å². The Bertz CT molecular complexity index is 611. The third kappa shape index (κ3) is 2.41. The minimum Gasteiger partial charge on any atom is -0.494 e. The van der Waals surface area contributed by atoms with Gasteiger partial charge in [-0.05, 0) is 38.0 Å². The normalized spacial score (nSPS) is 10.8. The van der Waals surface area contributed by atoms with E-state index in [0.29, 0.717) is 0 Å². The van der Waals surface area contributed by atoms with Gasteiger partial charge in [-0.15, -0.1) is 0 Å². The number of fused-ring (bicyclic) bond motifs is 1.